The van der Waals surface area contributed by atoms with E-state index in [1.54, 1.807) is 0 Å². The molecule has 4 rings (SSSR count). The van der Waals surface area contributed by atoms with Gasteiger partial charge in [0.05, 0.1) is 47.1 Å². The summed E-state index contributed by atoms with van der Waals surface area (Å²) in [6.45, 7) is -2.35. The second-order valence-corrected chi connectivity index (χ2v) is 8.75. The van der Waals surface area contributed by atoms with Gasteiger partial charge in [0, 0.05) is 6.07 Å². The molecule has 1 aliphatic rings. The van der Waals surface area contributed by atoms with Crippen LogP contribution in [-0.2, 0) is 17.3 Å². The summed E-state index contributed by atoms with van der Waals surface area (Å²) in [4.78, 5) is 32.8. The molecule has 1 aliphatic carbocycles. The van der Waals surface area contributed by atoms with Crippen LogP contribution in [0.1, 0.15) is 33.8 Å². The average molecular weight is 511 g/mol. The number of carbonyl (C=O) groups is 2. The predicted molar refractivity (Wildman–Crippen MR) is 117 cm³/mol. The molecular formula is C22H18F5N5O2S. The van der Waals surface area contributed by atoms with Gasteiger partial charge in [0.1, 0.15) is 22.1 Å². The van der Waals surface area contributed by atoms with Crippen molar-refractivity contribution in [1.29, 1.82) is 0 Å². The van der Waals surface area contributed by atoms with E-state index in [4.69, 9.17) is 0 Å². The van der Waals surface area contributed by atoms with Crippen molar-refractivity contribution in [1.82, 2.24) is 20.6 Å². The summed E-state index contributed by atoms with van der Waals surface area (Å²) >= 11 is 1.13. The number of benzene rings is 1. The van der Waals surface area contributed by atoms with E-state index < -0.39 is 52.8 Å². The van der Waals surface area contributed by atoms with Crippen molar-refractivity contribution in [2.45, 2.75) is 30.8 Å². The number of thiazole rings is 1. The zero-order valence-electron chi connectivity index (χ0n) is 17.9. The number of alkyl halides is 3. The minimum absolute atomic E-state index is 0.158. The molecule has 0 atom stereocenters. The van der Waals surface area contributed by atoms with Gasteiger partial charge < -0.3 is 16.0 Å². The lowest BCUT2D eigenvalue weighted by Gasteiger charge is -2.19. The lowest BCUT2D eigenvalue weighted by molar-refractivity contribution is -0.124. The Kier molecular flexibility index (Phi) is 6.70. The third kappa shape index (κ3) is 5.24. The standard InChI is InChI=1S/C22H18F5N5O2S/c23-10-22(26,27)13-2-1-3-14(24)18(13)31-12-6-15(25)16(29-7-12)8-30-20(34)21(4-5-21)32-19(33)17-9-28-11-35-17/h1-3,6-7,9,11,31H,4-5,8,10H2,(H,30,34)(H,32,33). The number of pyridine rings is 1. The molecule has 0 bridgehead atoms. The molecule has 2 aromatic heterocycles. The third-order valence-corrected chi connectivity index (χ3v) is 6.14. The van der Waals surface area contributed by atoms with E-state index in [1.807, 2.05) is 0 Å². The number of rotatable bonds is 9. The predicted octanol–water partition coefficient (Wildman–Crippen LogP) is 4.20. The van der Waals surface area contributed by atoms with Crippen LogP contribution in [0.25, 0.3) is 0 Å². The van der Waals surface area contributed by atoms with E-state index in [2.05, 4.69) is 25.9 Å². The van der Waals surface area contributed by atoms with Gasteiger partial charge in [-0.25, -0.2) is 13.2 Å². The number of carbonyl (C=O) groups excluding carboxylic acids is 2. The number of halogens is 5. The van der Waals surface area contributed by atoms with E-state index in [9.17, 15) is 31.5 Å². The van der Waals surface area contributed by atoms with Gasteiger partial charge in [-0.1, -0.05) is 12.1 Å². The molecule has 3 aromatic rings. The summed E-state index contributed by atoms with van der Waals surface area (Å²) in [5.74, 6) is -6.88. The summed E-state index contributed by atoms with van der Waals surface area (Å²) in [5.41, 5.74) is -1.56. The maximum absolute atomic E-state index is 14.6. The summed E-state index contributed by atoms with van der Waals surface area (Å²) in [6, 6.07) is 3.66. The lowest BCUT2D eigenvalue weighted by atomic mass is 10.1. The van der Waals surface area contributed by atoms with Gasteiger partial charge in [0.15, 0.2) is 6.67 Å². The maximum atomic E-state index is 14.6. The van der Waals surface area contributed by atoms with Crippen molar-refractivity contribution < 1.29 is 31.5 Å². The van der Waals surface area contributed by atoms with Crippen LogP contribution in [0.4, 0.5) is 33.3 Å². The summed E-state index contributed by atoms with van der Waals surface area (Å²) < 4.78 is 69.3. The van der Waals surface area contributed by atoms with Gasteiger partial charge in [0.25, 0.3) is 5.91 Å². The van der Waals surface area contributed by atoms with Gasteiger partial charge in [-0.2, -0.15) is 8.78 Å². The van der Waals surface area contributed by atoms with Crippen molar-refractivity contribution in [3.8, 4) is 0 Å². The summed E-state index contributed by atoms with van der Waals surface area (Å²) in [5, 5.41) is 7.49. The molecule has 1 aromatic carbocycles. The van der Waals surface area contributed by atoms with E-state index in [1.165, 1.54) is 11.7 Å². The zero-order valence-corrected chi connectivity index (χ0v) is 18.7. The van der Waals surface area contributed by atoms with Crippen molar-refractivity contribution in [3.05, 3.63) is 69.9 Å². The quantitative estimate of drug-likeness (QED) is 0.375. The Labute approximate surface area is 199 Å². The number of hydrogen-bond donors (Lipinski definition) is 3. The number of para-hydroxylation sites is 1. The Morgan fingerprint density at radius 3 is 2.54 bits per heavy atom. The van der Waals surface area contributed by atoms with Crippen LogP contribution >= 0.6 is 11.3 Å². The molecule has 0 saturated heterocycles. The number of anilines is 2. The Morgan fingerprint density at radius 2 is 1.91 bits per heavy atom. The molecule has 7 nitrogen and oxygen atoms in total. The molecule has 1 saturated carbocycles. The maximum Gasteiger partial charge on any atom is 0.303 e. The molecule has 1 fully saturated rings. The largest absolute Gasteiger partial charge is 0.351 e. The second kappa shape index (κ2) is 9.56. The van der Waals surface area contributed by atoms with Crippen LogP contribution in [0.3, 0.4) is 0 Å². The van der Waals surface area contributed by atoms with Gasteiger partial charge in [-0.15, -0.1) is 11.3 Å². The Balaban J connectivity index is 1.42. The molecule has 35 heavy (non-hydrogen) atoms. The second-order valence-electron chi connectivity index (χ2n) is 7.86. The van der Waals surface area contributed by atoms with E-state index in [0.717, 1.165) is 41.8 Å². The third-order valence-electron chi connectivity index (χ3n) is 5.37. The van der Waals surface area contributed by atoms with Crippen LogP contribution in [0, 0.1) is 11.6 Å². The molecule has 184 valence electrons. The molecule has 3 N–H and O–H groups in total. The highest BCUT2D eigenvalue weighted by atomic mass is 32.1. The molecule has 0 radical (unpaired) electrons. The molecule has 0 unspecified atom stereocenters. The highest BCUT2D eigenvalue weighted by Crippen LogP contribution is 2.37. The highest BCUT2D eigenvalue weighted by molar-refractivity contribution is 7.11. The topological polar surface area (TPSA) is 96.0 Å². The van der Waals surface area contributed by atoms with E-state index in [-0.39, 0.29) is 17.9 Å². The van der Waals surface area contributed by atoms with Gasteiger partial charge in [-0.05, 0) is 18.9 Å². The molecule has 0 spiro atoms. The Bertz CT molecular complexity index is 1250. The van der Waals surface area contributed by atoms with Gasteiger partial charge >= 0.3 is 5.92 Å². The summed E-state index contributed by atoms with van der Waals surface area (Å²) in [7, 11) is 0. The fourth-order valence-corrected chi connectivity index (χ4v) is 3.83. The van der Waals surface area contributed by atoms with Crippen molar-refractivity contribution >= 4 is 34.5 Å². The van der Waals surface area contributed by atoms with Gasteiger partial charge in [0.2, 0.25) is 5.91 Å². The number of nitrogens with one attached hydrogen (secondary N) is 3. The number of hydrogen-bond acceptors (Lipinski definition) is 6. The first-order valence-electron chi connectivity index (χ1n) is 10.3. The van der Waals surface area contributed by atoms with Gasteiger partial charge in [-0.3, -0.25) is 19.6 Å². The van der Waals surface area contributed by atoms with Crippen LogP contribution < -0.4 is 16.0 Å². The number of amides is 2. The molecule has 0 aliphatic heterocycles. The molecule has 2 heterocycles. The monoisotopic (exact) mass is 511 g/mol. The normalized spacial score (nSPS) is 14.3. The van der Waals surface area contributed by atoms with Crippen LogP contribution in [0.15, 0.2) is 42.2 Å². The van der Waals surface area contributed by atoms with Crippen LogP contribution in [0.5, 0.6) is 0 Å². The molecule has 13 heteroatoms. The SMILES string of the molecule is O=C(NC1(C(=O)NCc2ncc(Nc3c(F)cccc3C(F)(F)CF)cc2F)CC1)c1cncs1. The zero-order chi connectivity index (χ0) is 25.2. The van der Waals surface area contributed by atoms with E-state index >= 15 is 0 Å². The van der Waals surface area contributed by atoms with E-state index in [0.29, 0.717) is 17.7 Å². The number of nitrogens with zero attached hydrogens (tertiary/aromatic N) is 2. The van der Waals surface area contributed by atoms with Crippen molar-refractivity contribution in [2.75, 3.05) is 12.0 Å². The van der Waals surface area contributed by atoms with Crippen LogP contribution in [0.2, 0.25) is 0 Å². The number of aromatic nitrogens is 2. The highest BCUT2D eigenvalue weighted by Gasteiger charge is 2.51. The van der Waals surface area contributed by atoms with Crippen molar-refractivity contribution in [3.63, 3.8) is 0 Å². The van der Waals surface area contributed by atoms with Crippen LogP contribution in [-0.4, -0.2) is 34.0 Å². The lowest BCUT2D eigenvalue weighted by Crippen LogP contribution is -2.48. The Hall–Kier alpha value is -3.61. The summed E-state index contributed by atoms with van der Waals surface area (Å²) in [6.07, 6.45) is 3.27. The van der Waals surface area contributed by atoms with Crippen molar-refractivity contribution in [2.24, 2.45) is 0 Å². The minimum Gasteiger partial charge on any atom is -0.351 e. The minimum atomic E-state index is -3.95. The molecular weight excluding hydrogens is 493 g/mol. The molecule has 2 amide bonds. The first kappa shape index (κ1) is 24.5. The Morgan fingerprint density at radius 1 is 1.14 bits per heavy atom. The smallest absolute Gasteiger partial charge is 0.303 e. The fraction of sp³-hybridized carbons (Fsp3) is 0.273. The first-order valence-corrected chi connectivity index (χ1v) is 11.2. The fourth-order valence-electron chi connectivity index (χ4n) is 3.31. The first-order chi connectivity index (χ1) is 16.6. The average Bonchev–Trinajstić information content (AvgIpc) is 3.39.